The molecule has 0 saturated carbocycles. The second-order valence-corrected chi connectivity index (χ2v) is 10.1. The molecule has 0 aromatic heterocycles. The van der Waals surface area contributed by atoms with Crippen LogP contribution in [0.3, 0.4) is 0 Å². The van der Waals surface area contributed by atoms with Crippen molar-refractivity contribution in [2.45, 2.75) is 33.6 Å². The van der Waals surface area contributed by atoms with Crippen LogP contribution in [0, 0.1) is 20.8 Å². The molecule has 2 rings (SSSR count). The zero-order valence-corrected chi connectivity index (χ0v) is 20.3. The quantitative estimate of drug-likeness (QED) is 0.502. The van der Waals surface area contributed by atoms with E-state index in [1.165, 1.54) is 16.1 Å². The number of anilines is 1. The molecule has 6 nitrogen and oxygen atoms in total. The van der Waals surface area contributed by atoms with E-state index in [4.69, 9.17) is 4.74 Å². The van der Waals surface area contributed by atoms with Gasteiger partial charge >= 0.3 is 0 Å². The third-order valence-corrected chi connectivity index (χ3v) is 6.85. The Morgan fingerprint density at radius 2 is 1.80 bits per heavy atom. The Bertz CT molecular complexity index is 993. The van der Waals surface area contributed by atoms with Crippen LogP contribution >= 0.6 is 15.9 Å². The van der Waals surface area contributed by atoms with E-state index in [9.17, 15) is 13.2 Å². The topological polar surface area (TPSA) is 75.7 Å². The Kier molecular flexibility index (Phi) is 8.73. The van der Waals surface area contributed by atoms with E-state index < -0.39 is 10.0 Å². The number of ether oxygens (including phenoxy) is 1. The molecule has 0 fully saturated rings. The number of nitrogens with one attached hydrogen (secondary N) is 1. The summed E-state index contributed by atoms with van der Waals surface area (Å²) < 4.78 is 32.3. The van der Waals surface area contributed by atoms with E-state index in [0.717, 1.165) is 21.3 Å². The number of nitrogens with zero attached hydrogens (tertiary/aromatic N) is 1. The largest absolute Gasteiger partial charge is 0.492 e. The van der Waals surface area contributed by atoms with Crippen LogP contribution in [0.15, 0.2) is 40.9 Å². The highest BCUT2D eigenvalue weighted by Crippen LogP contribution is 2.25. The standard InChI is InChI=1S/C22H29BrN2O4S/c1-16-7-9-20(15-17(16)2)29-13-11-24-22(26)6-5-12-25(30(4,27)28)19-8-10-21(23)18(3)14-19/h7-10,14-15H,5-6,11-13H2,1-4H3,(H,24,26). The number of hydrogen-bond acceptors (Lipinski definition) is 4. The van der Waals surface area contributed by atoms with E-state index >= 15 is 0 Å². The van der Waals surface area contributed by atoms with E-state index in [-0.39, 0.29) is 18.9 Å². The van der Waals surface area contributed by atoms with Gasteiger partial charge in [-0.3, -0.25) is 9.10 Å². The third-order valence-electron chi connectivity index (χ3n) is 4.77. The summed E-state index contributed by atoms with van der Waals surface area (Å²) in [6, 6.07) is 11.3. The van der Waals surface area contributed by atoms with Crippen LogP contribution in [-0.2, 0) is 14.8 Å². The van der Waals surface area contributed by atoms with Crippen LogP contribution in [0.4, 0.5) is 5.69 Å². The molecule has 1 amide bonds. The first-order valence-electron chi connectivity index (χ1n) is 9.78. The molecule has 0 radical (unpaired) electrons. The Morgan fingerprint density at radius 1 is 1.07 bits per heavy atom. The number of sulfonamides is 1. The molecule has 8 heteroatoms. The molecule has 0 saturated heterocycles. The van der Waals surface area contributed by atoms with E-state index in [1.54, 1.807) is 6.07 Å². The number of aryl methyl sites for hydroxylation is 3. The van der Waals surface area contributed by atoms with Crippen molar-refractivity contribution in [1.29, 1.82) is 0 Å². The summed E-state index contributed by atoms with van der Waals surface area (Å²) in [6.45, 7) is 6.99. The number of carbonyl (C=O) groups is 1. The van der Waals surface area contributed by atoms with Gasteiger partial charge in [0, 0.05) is 17.4 Å². The Morgan fingerprint density at radius 3 is 2.43 bits per heavy atom. The van der Waals surface area contributed by atoms with Crippen LogP contribution < -0.4 is 14.4 Å². The fourth-order valence-electron chi connectivity index (χ4n) is 2.91. The normalized spacial score (nSPS) is 11.2. The van der Waals surface area contributed by atoms with Gasteiger partial charge in [0.05, 0.1) is 18.5 Å². The lowest BCUT2D eigenvalue weighted by Gasteiger charge is -2.23. The van der Waals surface area contributed by atoms with Crippen LogP contribution in [-0.4, -0.2) is 40.3 Å². The monoisotopic (exact) mass is 496 g/mol. The van der Waals surface area contributed by atoms with Gasteiger partial charge in [-0.2, -0.15) is 0 Å². The molecule has 2 aromatic carbocycles. The molecule has 0 unspecified atom stereocenters. The SMILES string of the molecule is Cc1ccc(OCCNC(=O)CCCN(c2ccc(Br)c(C)c2)S(C)(=O)=O)cc1C. The summed E-state index contributed by atoms with van der Waals surface area (Å²) in [4.78, 5) is 12.1. The summed E-state index contributed by atoms with van der Waals surface area (Å²) >= 11 is 3.42. The van der Waals surface area contributed by atoms with Gasteiger partial charge in [-0.1, -0.05) is 22.0 Å². The predicted octanol–water partition coefficient (Wildman–Crippen LogP) is 4.12. The van der Waals surface area contributed by atoms with Gasteiger partial charge in [-0.05, 0) is 74.2 Å². The van der Waals surface area contributed by atoms with Crippen molar-refractivity contribution in [3.63, 3.8) is 0 Å². The number of amides is 1. The van der Waals surface area contributed by atoms with Gasteiger partial charge in [0.15, 0.2) is 0 Å². The fraction of sp³-hybridized carbons (Fsp3) is 0.409. The van der Waals surface area contributed by atoms with E-state index in [1.807, 2.05) is 51.1 Å². The summed E-state index contributed by atoms with van der Waals surface area (Å²) in [7, 11) is -3.44. The average Bonchev–Trinajstić information content (AvgIpc) is 2.66. The van der Waals surface area contributed by atoms with Crippen molar-refractivity contribution in [3.8, 4) is 5.75 Å². The molecule has 30 heavy (non-hydrogen) atoms. The molecular formula is C22H29BrN2O4S. The van der Waals surface area contributed by atoms with Crippen LogP contribution in [0.1, 0.15) is 29.5 Å². The average molecular weight is 497 g/mol. The van der Waals surface area contributed by atoms with Crippen molar-refractivity contribution < 1.29 is 17.9 Å². The number of benzene rings is 2. The van der Waals surface area contributed by atoms with Crippen molar-refractivity contribution in [2.75, 3.05) is 30.3 Å². The fourth-order valence-corrected chi connectivity index (χ4v) is 4.11. The molecular weight excluding hydrogens is 468 g/mol. The zero-order chi connectivity index (χ0) is 22.3. The molecule has 0 bridgehead atoms. The molecule has 0 heterocycles. The van der Waals surface area contributed by atoms with E-state index in [0.29, 0.717) is 25.3 Å². The Balaban J connectivity index is 1.78. The summed E-state index contributed by atoms with van der Waals surface area (Å²) in [6.07, 6.45) is 1.84. The maximum Gasteiger partial charge on any atom is 0.232 e. The molecule has 0 aliphatic heterocycles. The predicted molar refractivity (Wildman–Crippen MR) is 125 cm³/mol. The highest BCUT2D eigenvalue weighted by Gasteiger charge is 2.18. The lowest BCUT2D eigenvalue weighted by atomic mass is 10.1. The van der Waals surface area contributed by atoms with Crippen LogP contribution in [0.5, 0.6) is 5.75 Å². The lowest BCUT2D eigenvalue weighted by Crippen LogP contribution is -2.33. The molecule has 0 aliphatic carbocycles. The van der Waals surface area contributed by atoms with Gasteiger partial charge in [0.1, 0.15) is 12.4 Å². The van der Waals surface area contributed by atoms with Crippen molar-refractivity contribution >= 4 is 37.5 Å². The molecule has 1 N–H and O–H groups in total. The van der Waals surface area contributed by atoms with Crippen LogP contribution in [0.2, 0.25) is 0 Å². The molecule has 0 atom stereocenters. The third kappa shape index (κ3) is 7.32. The van der Waals surface area contributed by atoms with Gasteiger partial charge in [-0.15, -0.1) is 0 Å². The van der Waals surface area contributed by atoms with Crippen LogP contribution in [0.25, 0.3) is 0 Å². The van der Waals surface area contributed by atoms with Crippen molar-refractivity contribution in [3.05, 3.63) is 57.6 Å². The van der Waals surface area contributed by atoms with Gasteiger partial charge in [0.2, 0.25) is 15.9 Å². The second kappa shape index (κ2) is 10.8. The number of rotatable bonds is 10. The minimum atomic E-state index is -3.44. The summed E-state index contributed by atoms with van der Waals surface area (Å²) in [5.41, 5.74) is 3.91. The van der Waals surface area contributed by atoms with Gasteiger partial charge < -0.3 is 10.1 Å². The Labute approximate surface area is 187 Å². The maximum absolute atomic E-state index is 12.2. The first-order chi connectivity index (χ1) is 14.1. The Hall–Kier alpha value is -2.06. The van der Waals surface area contributed by atoms with Gasteiger partial charge in [0.25, 0.3) is 0 Å². The molecule has 0 aliphatic rings. The molecule has 0 spiro atoms. The van der Waals surface area contributed by atoms with Crippen molar-refractivity contribution in [1.82, 2.24) is 5.32 Å². The lowest BCUT2D eigenvalue weighted by molar-refractivity contribution is -0.121. The number of carbonyl (C=O) groups excluding carboxylic acids is 1. The number of halogens is 1. The summed E-state index contributed by atoms with van der Waals surface area (Å²) in [5.74, 6) is 0.653. The second-order valence-electron chi connectivity index (χ2n) is 7.32. The highest BCUT2D eigenvalue weighted by atomic mass is 79.9. The number of hydrogen-bond donors (Lipinski definition) is 1. The molecule has 2 aromatic rings. The molecule has 164 valence electrons. The minimum Gasteiger partial charge on any atom is -0.492 e. The highest BCUT2D eigenvalue weighted by molar-refractivity contribution is 9.10. The zero-order valence-electron chi connectivity index (χ0n) is 17.9. The first-order valence-corrected chi connectivity index (χ1v) is 12.4. The smallest absolute Gasteiger partial charge is 0.232 e. The summed E-state index contributed by atoms with van der Waals surface area (Å²) in [5, 5.41) is 2.81. The van der Waals surface area contributed by atoms with Crippen molar-refractivity contribution in [2.24, 2.45) is 0 Å². The first kappa shape index (κ1) is 24.2. The van der Waals surface area contributed by atoms with Gasteiger partial charge in [-0.25, -0.2) is 8.42 Å². The maximum atomic E-state index is 12.2. The van der Waals surface area contributed by atoms with E-state index in [2.05, 4.69) is 21.2 Å². The minimum absolute atomic E-state index is 0.126.